The van der Waals surface area contributed by atoms with E-state index >= 15 is 0 Å². The first-order valence-corrected chi connectivity index (χ1v) is 14.7. The number of unbranched alkanes of at least 4 members (excludes halogenated alkanes) is 3. The van der Waals surface area contributed by atoms with E-state index in [2.05, 4.69) is 19.1 Å². The summed E-state index contributed by atoms with van der Waals surface area (Å²) in [7, 11) is 0. The summed E-state index contributed by atoms with van der Waals surface area (Å²) in [4.78, 5) is 0. The Morgan fingerprint density at radius 3 is 1.71 bits per heavy atom. The molecule has 0 unspecified atom stereocenters. The monoisotopic (exact) mass is 500 g/mol. The van der Waals surface area contributed by atoms with Gasteiger partial charge < -0.3 is 0 Å². The van der Waals surface area contributed by atoms with Crippen LogP contribution in [0.3, 0.4) is 0 Å². The summed E-state index contributed by atoms with van der Waals surface area (Å²) in [6.45, 7) is 2.30. The Morgan fingerprint density at radius 2 is 1.17 bits per heavy atom. The summed E-state index contributed by atoms with van der Waals surface area (Å²) < 4.78 is 27.7. The standard InChI is InChI=1S/C32H43ClF2/c1-2-3-4-5-6-23-7-9-24(10-8-23)11-12-25-13-15-26(16-14-25)27-17-19-28(20-18-27)29-21-30(34)32(33)31(35)22-29/h17-26H,2-16H2,1H3. The number of benzene rings is 2. The summed E-state index contributed by atoms with van der Waals surface area (Å²) in [5.74, 6) is 2.09. The molecule has 0 N–H and O–H groups in total. The quantitative estimate of drug-likeness (QED) is 0.225. The molecule has 2 aliphatic carbocycles. The number of hydrogen-bond acceptors (Lipinski definition) is 0. The molecule has 192 valence electrons. The van der Waals surface area contributed by atoms with Gasteiger partial charge in [0, 0.05) is 0 Å². The highest BCUT2D eigenvalue weighted by Gasteiger charge is 2.25. The Balaban J connectivity index is 1.17. The summed E-state index contributed by atoms with van der Waals surface area (Å²) >= 11 is 5.62. The average Bonchev–Trinajstić information content (AvgIpc) is 2.89. The number of halogens is 3. The molecular weight excluding hydrogens is 458 g/mol. The van der Waals surface area contributed by atoms with E-state index in [1.54, 1.807) is 0 Å². The molecule has 0 heterocycles. The second-order valence-corrected chi connectivity index (χ2v) is 11.8. The molecule has 0 aromatic heterocycles. The van der Waals surface area contributed by atoms with Gasteiger partial charge in [0.25, 0.3) is 0 Å². The van der Waals surface area contributed by atoms with E-state index in [1.165, 1.54) is 114 Å². The molecule has 35 heavy (non-hydrogen) atoms. The maximum atomic E-state index is 13.8. The first-order chi connectivity index (χ1) is 17.0. The highest BCUT2D eigenvalue weighted by molar-refractivity contribution is 6.31. The van der Waals surface area contributed by atoms with Crippen LogP contribution in [0.1, 0.15) is 115 Å². The molecule has 0 radical (unpaired) electrons. The van der Waals surface area contributed by atoms with Gasteiger partial charge in [-0.25, -0.2) is 8.78 Å². The fourth-order valence-corrected chi connectivity index (χ4v) is 6.70. The SMILES string of the molecule is CCCCCCC1CCC(CCC2CCC(c3ccc(-c4cc(F)c(Cl)c(F)c4)cc3)CC2)CC1. The Hall–Kier alpha value is -1.41. The van der Waals surface area contributed by atoms with Gasteiger partial charge in [0.15, 0.2) is 0 Å². The molecule has 0 atom stereocenters. The van der Waals surface area contributed by atoms with Crippen LogP contribution in [0.25, 0.3) is 11.1 Å². The molecule has 0 bridgehead atoms. The lowest BCUT2D eigenvalue weighted by Gasteiger charge is -2.32. The first kappa shape index (κ1) is 26.6. The molecule has 3 heteroatoms. The van der Waals surface area contributed by atoms with Gasteiger partial charge in [-0.3, -0.25) is 0 Å². The topological polar surface area (TPSA) is 0 Å². The van der Waals surface area contributed by atoms with Crippen LogP contribution in [-0.2, 0) is 0 Å². The van der Waals surface area contributed by atoms with Crippen molar-refractivity contribution in [2.24, 2.45) is 17.8 Å². The van der Waals surface area contributed by atoms with E-state index in [4.69, 9.17) is 11.6 Å². The van der Waals surface area contributed by atoms with Gasteiger partial charge in [0.05, 0.1) is 0 Å². The van der Waals surface area contributed by atoms with Gasteiger partial charge in [-0.1, -0.05) is 113 Å². The lowest BCUT2D eigenvalue weighted by atomic mass is 9.74. The van der Waals surface area contributed by atoms with Crippen LogP contribution >= 0.6 is 11.6 Å². The van der Waals surface area contributed by atoms with Crippen molar-refractivity contribution in [1.82, 2.24) is 0 Å². The van der Waals surface area contributed by atoms with E-state index in [0.29, 0.717) is 11.5 Å². The molecule has 2 aromatic carbocycles. The predicted octanol–water partition coefficient (Wildman–Crippen LogP) is 11.1. The summed E-state index contributed by atoms with van der Waals surface area (Å²) in [6, 6.07) is 10.9. The lowest BCUT2D eigenvalue weighted by molar-refractivity contribution is 0.222. The molecule has 0 saturated heterocycles. The van der Waals surface area contributed by atoms with E-state index in [0.717, 1.165) is 23.3 Å². The summed E-state index contributed by atoms with van der Waals surface area (Å²) in [5.41, 5.74) is 2.72. The molecule has 2 aliphatic rings. The molecule has 0 aliphatic heterocycles. The fraction of sp³-hybridized carbons (Fsp3) is 0.625. The molecular formula is C32H43ClF2. The van der Waals surface area contributed by atoms with E-state index in [1.807, 2.05) is 12.1 Å². The molecule has 2 saturated carbocycles. The minimum absolute atomic E-state index is 0.437. The second kappa shape index (κ2) is 13.2. The molecule has 0 nitrogen and oxygen atoms in total. The fourth-order valence-electron chi connectivity index (χ4n) is 6.59. The van der Waals surface area contributed by atoms with Gasteiger partial charge in [-0.15, -0.1) is 0 Å². The molecule has 0 spiro atoms. The van der Waals surface area contributed by atoms with Crippen molar-refractivity contribution in [3.63, 3.8) is 0 Å². The molecule has 2 fully saturated rings. The molecule has 2 aromatic rings. The van der Waals surface area contributed by atoms with E-state index in [-0.39, 0.29) is 0 Å². The third kappa shape index (κ3) is 7.54. The van der Waals surface area contributed by atoms with E-state index in [9.17, 15) is 8.78 Å². The minimum Gasteiger partial charge on any atom is -0.205 e. The van der Waals surface area contributed by atoms with Crippen molar-refractivity contribution in [2.45, 2.75) is 109 Å². The lowest BCUT2D eigenvalue weighted by Crippen LogP contribution is -2.17. The Labute approximate surface area is 216 Å². The Morgan fingerprint density at radius 1 is 0.657 bits per heavy atom. The van der Waals surface area contributed by atoms with Gasteiger partial charge in [-0.05, 0) is 78.2 Å². The van der Waals surface area contributed by atoms with Crippen molar-refractivity contribution in [3.05, 3.63) is 58.6 Å². The Bertz CT molecular complexity index is 883. The van der Waals surface area contributed by atoms with Crippen LogP contribution in [0.4, 0.5) is 8.78 Å². The van der Waals surface area contributed by atoms with Gasteiger partial charge in [0.1, 0.15) is 16.7 Å². The first-order valence-electron chi connectivity index (χ1n) is 14.3. The summed E-state index contributed by atoms with van der Waals surface area (Å²) in [6.07, 6.45) is 21.1. The van der Waals surface area contributed by atoms with Crippen LogP contribution in [-0.4, -0.2) is 0 Å². The zero-order valence-corrected chi connectivity index (χ0v) is 22.3. The van der Waals surface area contributed by atoms with Crippen molar-refractivity contribution in [2.75, 3.05) is 0 Å². The third-order valence-corrected chi connectivity index (χ3v) is 9.32. The van der Waals surface area contributed by atoms with Gasteiger partial charge in [-0.2, -0.15) is 0 Å². The smallest absolute Gasteiger partial charge is 0.145 e. The number of hydrogen-bond donors (Lipinski definition) is 0. The van der Waals surface area contributed by atoms with Crippen molar-refractivity contribution < 1.29 is 8.78 Å². The zero-order valence-electron chi connectivity index (χ0n) is 21.5. The van der Waals surface area contributed by atoms with Crippen molar-refractivity contribution in [3.8, 4) is 11.1 Å². The van der Waals surface area contributed by atoms with Gasteiger partial charge in [0.2, 0.25) is 0 Å². The average molecular weight is 501 g/mol. The molecule has 0 amide bonds. The van der Waals surface area contributed by atoms with Crippen molar-refractivity contribution >= 4 is 11.6 Å². The van der Waals surface area contributed by atoms with Crippen LogP contribution in [0.2, 0.25) is 5.02 Å². The highest BCUT2D eigenvalue weighted by atomic mass is 35.5. The van der Waals surface area contributed by atoms with Crippen LogP contribution in [0.5, 0.6) is 0 Å². The normalized spacial score (nSPS) is 25.0. The second-order valence-electron chi connectivity index (χ2n) is 11.4. The van der Waals surface area contributed by atoms with Crippen molar-refractivity contribution in [1.29, 1.82) is 0 Å². The maximum Gasteiger partial charge on any atom is 0.145 e. The third-order valence-electron chi connectivity index (χ3n) is 8.96. The van der Waals surface area contributed by atoms with E-state index < -0.39 is 16.7 Å². The zero-order chi connectivity index (χ0) is 24.6. The summed E-state index contributed by atoms with van der Waals surface area (Å²) in [5, 5.41) is -0.437. The van der Waals surface area contributed by atoms with Crippen LogP contribution in [0, 0.1) is 29.4 Å². The predicted molar refractivity (Wildman–Crippen MR) is 145 cm³/mol. The van der Waals surface area contributed by atoms with Crippen LogP contribution in [0.15, 0.2) is 36.4 Å². The number of rotatable bonds is 10. The Kier molecular flexibility index (Phi) is 10.1. The highest BCUT2D eigenvalue weighted by Crippen LogP contribution is 2.41. The maximum absolute atomic E-state index is 13.8. The van der Waals surface area contributed by atoms with Gasteiger partial charge >= 0.3 is 0 Å². The minimum atomic E-state index is -0.709. The molecule has 4 rings (SSSR count). The van der Waals surface area contributed by atoms with Crippen LogP contribution < -0.4 is 0 Å². The largest absolute Gasteiger partial charge is 0.205 e.